The predicted octanol–water partition coefficient (Wildman–Crippen LogP) is 4.27. The summed E-state index contributed by atoms with van der Waals surface area (Å²) in [5.74, 6) is 0. The maximum atomic E-state index is 6.05. The summed E-state index contributed by atoms with van der Waals surface area (Å²) < 4.78 is 0. The first-order valence-corrected chi connectivity index (χ1v) is 9.07. The minimum absolute atomic E-state index is 1.15. The molecule has 2 heteroatoms. The standard InChI is InChI=1S/C14H19PS/c1-3-12-10-11-15(16,14(12)4-2)13-8-6-5-7-9-13/h5-9H,3-4,10-11H2,1-2H3. The monoisotopic (exact) mass is 250 g/mol. The minimum Gasteiger partial charge on any atom is -0.546 e. The van der Waals surface area contributed by atoms with Gasteiger partial charge in [-0.2, -0.15) is 0 Å². The van der Waals surface area contributed by atoms with E-state index >= 15 is 0 Å². The first kappa shape index (κ1) is 12.2. The summed E-state index contributed by atoms with van der Waals surface area (Å²) in [4.78, 5) is 0. The third-order valence-corrected chi connectivity index (χ3v) is 8.84. The molecule has 1 aliphatic heterocycles. The second-order valence-electron chi connectivity index (χ2n) is 4.31. The lowest BCUT2D eigenvalue weighted by Crippen LogP contribution is -2.10. The molecule has 0 spiro atoms. The molecule has 0 saturated heterocycles. The first-order chi connectivity index (χ1) is 7.72. The molecule has 1 aromatic carbocycles. The molecule has 1 unspecified atom stereocenters. The van der Waals surface area contributed by atoms with E-state index in [9.17, 15) is 0 Å². The maximum absolute atomic E-state index is 6.05. The average molecular weight is 250 g/mol. The fraction of sp³-hybridized carbons (Fsp3) is 0.429. The normalized spacial score (nSPS) is 25.2. The van der Waals surface area contributed by atoms with E-state index < -0.39 is 6.46 Å². The zero-order chi connectivity index (χ0) is 11.6. The summed E-state index contributed by atoms with van der Waals surface area (Å²) in [6.07, 6.45) is 4.80. The average Bonchev–Trinajstić information content (AvgIpc) is 2.68. The van der Waals surface area contributed by atoms with Crippen molar-refractivity contribution in [3.8, 4) is 0 Å². The van der Waals surface area contributed by atoms with Gasteiger partial charge in [0.1, 0.15) is 0 Å². The molecule has 0 radical (unpaired) electrons. The molecule has 0 aliphatic carbocycles. The number of benzene rings is 1. The van der Waals surface area contributed by atoms with Crippen LogP contribution in [0, 0.1) is 0 Å². The smallest absolute Gasteiger partial charge is 0.0774 e. The Labute approximate surface area is 105 Å². The zero-order valence-corrected chi connectivity index (χ0v) is 11.8. The van der Waals surface area contributed by atoms with Crippen molar-refractivity contribution in [3.63, 3.8) is 0 Å². The van der Waals surface area contributed by atoms with Crippen molar-refractivity contribution in [2.45, 2.75) is 33.1 Å². The van der Waals surface area contributed by atoms with Gasteiger partial charge < -0.3 is 12.2 Å². The van der Waals surface area contributed by atoms with E-state index in [0.717, 1.165) is 6.42 Å². The molecule has 0 N–H and O–H groups in total. The van der Waals surface area contributed by atoms with Crippen molar-refractivity contribution in [3.05, 3.63) is 41.2 Å². The van der Waals surface area contributed by atoms with Crippen molar-refractivity contribution < 1.29 is 0 Å². The molecule has 0 aromatic heterocycles. The summed E-state index contributed by atoms with van der Waals surface area (Å²) in [7, 11) is 0. The first-order valence-electron chi connectivity index (χ1n) is 6.08. The molecule has 0 bridgehead atoms. The van der Waals surface area contributed by atoms with Gasteiger partial charge in [0.15, 0.2) is 0 Å². The van der Waals surface area contributed by atoms with Crippen molar-refractivity contribution in [2.75, 3.05) is 6.16 Å². The van der Waals surface area contributed by atoms with E-state index in [-0.39, 0.29) is 0 Å². The molecule has 1 heterocycles. The van der Waals surface area contributed by atoms with Gasteiger partial charge in [0.2, 0.25) is 0 Å². The quantitative estimate of drug-likeness (QED) is 0.570. The highest BCUT2D eigenvalue weighted by Crippen LogP contribution is 2.69. The highest BCUT2D eigenvalue weighted by molar-refractivity contribution is 8.47. The Morgan fingerprint density at radius 2 is 1.81 bits per heavy atom. The van der Waals surface area contributed by atoms with E-state index in [1.54, 1.807) is 10.9 Å². The topological polar surface area (TPSA) is 0 Å². The second-order valence-corrected chi connectivity index (χ2v) is 9.16. The molecule has 16 heavy (non-hydrogen) atoms. The third-order valence-electron chi connectivity index (χ3n) is 3.51. The van der Waals surface area contributed by atoms with Gasteiger partial charge >= 0.3 is 0 Å². The van der Waals surface area contributed by atoms with Crippen LogP contribution in [-0.4, -0.2) is 6.16 Å². The number of hydrogen-bond acceptors (Lipinski definition) is 1. The summed E-state index contributed by atoms with van der Waals surface area (Å²) >= 11 is 6.05. The Balaban J connectivity index is 2.44. The molecule has 1 aromatic rings. The van der Waals surface area contributed by atoms with Crippen LogP contribution in [0.5, 0.6) is 0 Å². The third kappa shape index (κ3) is 1.96. The molecule has 0 saturated carbocycles. The minimum atomic E-state index is -1.39. The Morgan fingerprint density at radius 3 is 2.38 bits per heavy atom. The zero-order valence-electron chi connectivity index (χ0n) is 10.1. The van der Waals surface area contributed by atoms with E-state index in [1.165, 1.54) is 24.3 Å². The molecule has 0 amide bonds. The lowest BCUT2D eigenvalue weighted by atomic mass is 10.1. The fourth-order valence-corrected chi connectivity index (χ4v) is 7.45. The molecule has 1 aliphatic rings. The van der Waals surface area contributed by atoms with Gasteiger partial charge in [-0.15, -0.1) is 0 Å². The second kappa shape index (κ2) is 4.94. The highest BCUT2D eigenvalue weighted by atomic mass is 32.7. The van der Waals surface area contributed by atoms with Crippen LogP contribution in [-0.2, 0) is 12.2 Å². The lowest BCUT2D eigenvalue weighted by molar-refractivity contribution is 0.975. The van der Waals surface area contributed by atoms with Crippen LogP contribution in [0.2, 0.25) is 0 Å². The lowest BCUT2D eigenvalue weighted by Gasteiger charge is -2.30. The molecular formula is C14H19PS. The Bertz CT molecular complexity index is 396. The molecular weight excluding hydrogens is 231 g/mol. The van der Waals surface area contributed by atoms with Gasteiger partial charge in [0, 0.05) is 12.8 Å². The van der Waals surface area contributed by atoms with Crippen LogP contribution < -0.4 is 5.30 Å². The summed E-state index contributed by atoms with van der Waals surface area (Å²) in [6, 6.07) is 10.8. The largest absolute Gasteiger partial charge is 0.546 e. The molecule has 0 fully saturated rings. The van der Waals surface area contributed by atoms with E-state index in [1.807, 2.05) is 0 Å². The molecule has 0 nitrogen and oxygen atoms in total. The van der Waals surface area contributed by atoms with Crippen LogP contribution in [0.4, 0.5) is 0 Å². The van der Waals surface area contributed by atoms with E-state index in [0.29, 0.717) is 0 Å². The summed E-state index contributed by atoms with van der Waals surface area (Å²) in [5, 5.41) is 3.04. The van der Waals surface area contributed by atoms with Gasteiger partial charge in [0.05, 0.1) is 16.8 Å². The van der Waals surface area contributed by atoms with Crippen LogP contribution in [0.25, 0.3) is 0 Å². The van der Waals surface area contributed by atoms with Gasteiger partial charge in [-0.1, -0.05) is 32.0 Å². The Morgan fingerprint density at radius 1 is 1.12 bits per heavy atom. The van der Waals surface area contributed by atoms with Crippen LogP contribution in [0.3, 0.4) is 0 Å². The van der Waals surface area contributed by atoms with Gasteiger partial charge in [-0.25, -0.2) is 0 Å². The molecule has 86 valence electrons. The van der Waals surface area contributed by atoms with Gasteiger partial charge in [-0.3, -0.25) is 0 Å². The number of allylic oxidation sites excluding steroid dienone is 2. The molecule has 1 atom stereocenters. The van der Waals surface area contributed by atoms with E-state index in [2.05, 4.69) is 44.2 Å². The van der Waals surface area contributed by atoms with Crippen LogP contribution in [0.15, 0.2) is 41.2 Å². The fourth-order valence-electron chi connectivity index (χ4n) is 2.67. The van der Waals surface area contributed by atoms with Crippen molar-refractivity contribution >= 4 is 24.0 Å². The Kier molecular flexibility index (Phi) is 3.77. The predicted molar refractivity (Wildman–Crippen MR) is 77.5 cm³/mol. The van der Waals surface area contributed by atoms with Crippen molar-refractivity contribution in [2.24, 2.45) is 0 Å². The number of hydrogen-bond donors (Lipinski definition) is 0. The van der Waals surface area contributed by atoms with Gasteiger partial charge in [0.25, 0.3) is 0 Å². The van der Waals surface area contributed by atoms with Crippen LogP contribution >= 0.6 is 6.46 Å². The van der Waals surface area contributed by atoms with Gasteiger partial charge in [-0.05, 0) is 30.6 Å². The molecule has 2 rings (SSSR count). The van der Waals surface area contributed by atoms with Crippen molar-refractivity contribution in [1.82, 2.24) is 0 Å². The maximum Gasteiger partial charge on any atom is 0.0774 e. The summed E-state index contributed by atoms with van der Waals surface area (Å²) in [5.41, 5.74) is 1.65. The number of rotatable bonds is 3. The Hall–Kier alpha value is -0.260. The summed E-state index contributed by atoms with van der Waals surface area (Å²) in [6.45, 7) is 3.14. The highest BCUT2D eigenvalue weighted by Gasteiger charge is 2.37. The SMILES string of the molecule is CCC1=C(CC)[P+]([S-])(c2ccccc2)CC1. The van der Waals surface area contributed by atoms with E-state index in [4.69, 9.17) is 12.2 Å². The van der Waals surface area contributed by atoms with Crippen molar-refractivity contribution in [1.29, 1.82) is 0 Å². The van der Waals surface area contributed by atoms with Crippen LogP contribution in [0.1, 0.15) is 33.1 Å².